The van der Waals surface area contributed by atoms with Crippen molar-refractivity contribution in [2.45, 2.75) is 88.2 Å². The van der Waals surface area contributed by atoms with Gasteiger partial charge in [-0.2, -0.15) is 23.5 Å². The highest BCUT2D eigenvalue weighted by molar-refractivity contribution is 7.99. The lowest BCUT2D eigenvalue weighted by molar-refractivity contribution is -0.0325. The number of hydrogen-bond donors (Lipinski definition) is 0. The van der Waals surface area contributed by atoms with E-state index in [1.54, 1.807) is 48.5 Å². The van der Waals surface area contributed by atoms with Gasteiger partial charge in [0.2, 0.25) is 9.84 Å². The van der Waals surface area contributed by atoms with Gasteiger partial charge in [-0.25, -0.2) is 8.42 Å². The average Bonchev–Trinajstić information content (AvgIpc) is 3.08. The number of unbranched alkanes of at least 4 members (excludes halogenated alkanes) is 2. The van der Waals surface area contributed by atoms with Crippen LogP contribution >= 0.6 is 23.5 Å². The Balaban J connectivity index is 1.79. The molecule has 8 nitrogen and oxygen atoms in total. The number of hydrogen-bond acceptors (Lipinski definition) is 10. The molecule has 2 unspecified atom stereocenters. The third kappa shape index (κ3) is 18.2. The van der Waals surface area contributed by atoms with Crippen molar-refractivity contribution in [1.29, 1.82) is 0 Å². The SMILES string of the molecule is CCCCSCCCOCC(COc1ccc(S(=O)(=O)c2ccc(OCC(COCCCSCCCC)OCC)cc2)cc1)OCC. The summed E-state index contributed by atoms with van der Waals surface area (Å²) in [5.74, 6) is 5.77. The standard InChI is InChI=1S/C36H58O8S3/c1-5-9-23-45-25-11-21-39-27-33(41-7-3)29-43-31-13-17-35(18-14-31)47(37,38)36-19-15-32(16-20-36)44-30-34(42-8-4)28-40-22-12-26-46-24-10-6-2/h13-20,33-34H,5-12,21-30H2,1-4H3. The van der Waals surface area contributed by atoms with Crippen molar-refractivity contribution in [3.05, 3.63) is 48.5 Å². The zero-order valence-corrected chi connectivity index (χ0v) is 31.4. The number of benzene rings is 2. The van der Waals surface area contributed by atoms with E-state index in [1.807, 2.05) is 37.4 Å². The van der Waals surface area contributed by atoms with Gasteiger partial charge in [0.05, 0.1) is 23.0 Å². The number of ether oxygens (including phenoxy) is 6. The summed E-state index contributed by atoms with van der Waals surface area (Å²) in [5.41, 5.74) is 0. The van der Waals surface area contributed by atoms with Crippen LogP contribution in [0.3, 0.4) is 0 Å². The fourth-order valence-corrected chi connectivity index (χ4v) is 7.66. The highest BCUT2D eigenvalue weighted by Gasteiger charge is 2.19. The van der Waals surface area contributed by atoms with Crippen LogP contribution < -0.4 is 9.47 Å². The molecule has 2 rings (SSSR count). The number of thioether (sulfide) groups is 2. The Bertz CT molecular complexity index is 1050. The summed E-state index contributed by atoms with van der Waals surface area (Å²) in [6, 6.07) is 12.9. The van der Waals surface area contributed by atoms with Crippen molar-refractivity contribution in [2.24, 2.45) is 0 Å². The lowest BCUT2D eigenvalue weighted by Crippen LogP contribution is -2.27. The molecule has 0 saturated heterocycles. The van der Waals surface area contributed by atoms with E-state index in [0.717, 1.165) is 24.3 Å². The first-order valence-corrected chi connectivity index (χ1v) is 21.0. The molecule has 0 N–H and O–H groups in total. The van der Waals surface area contributed by atoms with Crippen LogP contribution in [-0.2, 0) is 28.8 Å². The van der Waals surface area contributed by atoms with Crippen LogP contribution in [0.25, 0.3) is 0 Å². The van der Waals surface area contributed by atoms with Gasteiger partial charge in [-0.15, -0.1) is 0 Å². The third-order valence-corrected chi connectivity index (χ3v) is 11.1. The molecule has 0 amide bonds. The summed E-state index contributed by atoms with van der Waals surface area (Å²) in [7, 11) is -3.71. The van der Waals surface area contributed by atoms with Crippen molar-refractivity contribution in [2.75, 3.05) is 75.9 Å². The molecule has 0 aliphatic rings. The van der Waals surface area contributed by atoms with Crippen molar-refractivity contribution in [1.82, 2.24) is 0 Å². The van der Waals surface area contributed by atoms with Gasteiger partial charge in [-0.1, -0.05) is 26.7 Å². The minimum absolute atomic E-state index is 0.192. The largest absolute Gasteiger partial charge is 0.491 e. The predicted molar refractivity (Wildman–Crippen MR) is 195 cm³/mol. The molecular weight excluding hydrogens is 657 g/mol. The van der Waals surface area contributed by atoms with E-state index >= 15 is 0 Å². The maximum Gasteiger partial charge on any atom is 0.206 e. The van der Waals surface area contributed by atoms with Crippen molar-refractivity contribution in [3.63, 3.8) is 0 Å². The second-order valence-corrected chi connectivity index (χ2v) is 15.4. The van der Waals surface area contributed by atoms with Crippen LogP contribution in [0.4, 0.5) is 0 Å². The van der Waals surface area contributed by atoms with Crippen molar-refractivity contribution >= 4 is 33.4 Å². The molecular formula is C36H58O8S3. The second-order valence-electron chi connectivity index (χ2n) is 11.0. The molecule has 0 aromatic heterocycles. The minimum atomic E-state index is -3.71. The Kier molecular flexibility index (Phi) is 23.4. The Morgan fingerprint density at radius 1 is 0.553 bits per heavy atom. The van der Waals surface area contributed by atoms with Crippen LogP contribution in [0.15, 0.2) is 58.3 Å². The maximum absolute atomic E-state index is 13.3. The topological polar surface area (TPSA) is 89.5 Å². The van der Waals surface area contributed by atoms with Crippen LogP contribution in [0, 0.1) is 0 Å². The first kappa shape index (κ1) is 41.7. The normalized spacial score (nSPS) is 13.0. The van der Waals surface area contributed by atoms with E-state index in [1.165, 1.54) is 37.2 Å². The van der Waals surface area contributed by atoms with Gasteiger partial charge >= 0.3 is 0 Å². The van der Waals surface area contributed by atoms with Gasteiger partial charge < -0.3 is 28.4 Å². The number of rotatable bonds is 30. The molecule has 2 aromatic carbocycles. The van der Waals surface area contributed by atoms with Gasteiger partial charge in [0.15, 0.2) is 0 Å². The van der Waals surface area contributed by atoms with Crippen LogP contribution in [0.1, 0.15) is 66.2 Å². The Labute approximate surface area is 293 Å². The zero-order chi connectivity index (χ0) is 34.0. The van der Waals surface area contributed by atoms with Gasteiger partial charge in [0.25, 0.3) is 0 Å². The molecule has 0 aliphatic carbocycles. The summed E-state index contributed by atoms with van der Waals surface area (Å²) < 4.78 is 61.6. The average molecular weight is 715 g/mol. The second kappa shape index (κ2) is 26.4. The maximum atomic E-state index is 13.3. The van der Waals surface area contributed by atoms with Crippen LogP contribution in [0.5, 0.6) is 11.5 Å². The van der Waals surface area contributed by atoms with E-state index < -0.39 is 9.84 Å². The van der Waals surface area contributed by atoms with Crippen molar-refractivity contribution in [3.8, 4) is 11.5 Å². The summed E-state index contributed by atoms with van der Waals surface area (Å²) in [6.07, 6.45) is 6.62. The van der Waals surface area contributed by atoms with Crippen LogP contribution in [-0.4, -0.2) is 96.5 Å². The molecule has 0 spiro atoms. The van der Waals surface area contributed by atoms with Crippen molar-refractivity contribution < 1.29 is 36.8 Å². The molecule has 0 saturated carbocycles. The van der Waals surface area contributed by atoms with Gasteiger partial charge in [-0.05, 0) is 111 Å². The lowest BCUT2D eigenvalue weighted by Gasteiger charge is -2.18. The molecule has 47 heavy (non-hydrogen) atoms. The van der Waals surface area contributed by atoms with E-state index in [-0.39, 0.29) is 22.0 Å². The third-order valence-electron chi connectivity index (χ3n) is 6.99. The molecule has 0 fully saturated rings. The molecule has 0 radical (unpaired) electrons. The summed E-state index contributed by atoms with van der Waals surface area (Å²) in [4.78, 5) is 0.384. The highest BCUT2D eigenvalue weighted by atomic mass is 32.2. The summed E-state index contributed by atoms with van der Waals surface area (Å²) >= 11 is 3.94. The first-order valence-electron chi connectivity index (χ1n) is 17.2. The predicted octanol–water partition coefficient (Wildman–Crippen LogP) is 7.97. The first-order chi connectivity index (χ1) is 22.9. The number of sulfone groups is 1. The fourth-order valence-electron chi connectivity index (χ4n) is 4.36. The Morgan fingerprint density at radius 2 is 0.936 bits per heavy atom. The molecule has 2 atom stereocenters. The van der Waals surface area contributed by atoms with Gasteiger partial charge in [0, 0.05) is 26.4 Å². The smallest absolute Gasteiger partial charge is 0.206 e. The summed E-state index contributed by atoms with van der Waals surface area (Å²) in [5, 5.41) is 0. The van der Waals surface area contributed by atoms with Gasteiger partial charge in [-0.3, -0.25) is 0 Å². The molecule has 268 valence electrons. The summed E-state index contributed by atoms with van der Waals surface area (Å²) in [6.45, 7) is 12.4. The molecule has 0 bridgehead atoms. The lowest BCUT2D eigenvalue weighted by atomic mass is 10.3. The minimum Gasteiger partial charge on any atom is -0.491 e. The molecule has 11 heteroatoms. The van der Waals surface area contributed by atoms with E-state index in [0.29, 0.717) is 64.4 Å². The highest BCUT2D eigenvalue weighted by Crippen LogP contribution is 2.25. The van der Waals surface area contributed by atoms with E-state index in [9.17, 15) is 8.42 Å². The van der Waals surface area contributed by atoms with Gasteiger partial charge in [0.1, 0.15) is 36.9 Å². The Morgan fingerprint density at radius 3 is 1.30 bits per heavy atom. The van der Waals surface area contributed by atoms with Crippen LogP contribution in [0.2, 0.25) is 0 Å². The fraction of sp³-hybridized carbons (Fsp3) is 0.667. The Hall–Kier alpha value is -1.47. The van der Waals surface area contributed by atoms with E-state index in [4.69, 9.17) is 28.4 Å². The molecule has 0 aliphatic heterocycles. The quantitative estimate of drug-likeness (QED) is 0.0743. The monoisotopic (exact) mass is 714 g/mol. The molecule has 2 aromatic rings. The van der Waals surface area contributed by atoms with E-state index in [2.05, 4.69) is 13.8 Å². The molecule has 0 heterocycles. The zero-order valence-electron chi connectivity index (χ0n) is 29.0.